The number of nitrogens with zero attached hydrogens (tertiary/aromatic N) is 6. The third-order valence-electron chi connectivity index (χ3n) is 5.85. The van der Waals surface area contributed by atoms with Gasteiger partial charge in [-0.3, -0.25) is 4.90 Å². The monoisotopic (exact) mass is 420 g/mol. The molecule has 2 aromatic carbocycles. The molecular weight excluding hydrogens is 388 g/mol. The second-order valence-electron chi connectivity index (χ2n) is 8.10. The lowest BCUT2D eigenvalue weighted by atomic mass is 10.2. The number of tetrazole rings is 1. The fourth-order valence-corrected chi connectivity index (χ4v) is 3.97. The van der Waals surface area contributed by atoms with Crippen LogP contribution >= 0.6 is 0 Å². The van der Waals surface area contributed by atoms with E-state index in [1.807, 2.05) is 42.5 Å². The molecule has 3 aromatic rings. The summed E-state index contributed by atoms with van der Waals surface area (Å²) in [4.78, 5) is 6.85. The molecule has 1 aromatic heterocycles. The molecule has 31 heavy (non-hydrogen) atoms. The van der Waals surface area contributed by atoms with Crippen molar-refractivity contribution in [1.82, 2.24) is 30.0 Å². The fourth-order valence-electron chi connectivity index (χ4n) is 3.97. The summed E-state index contributed by atoms with van der Waals surface area (Å²) in [7, 11) is 1.71. The van der Waals surface area contributed by atoms with Crippen LogP contribution in [-0.2, 0) is 13.1 Å². The lowest BCUT2D eigenvalue weighted by molar-refractivity contribution is 0.125. The van der Waals surface area contributed by atoms with Gasteiger partial charge in [0.2, 0.25) is 5.82 Å². The molecule has 164 valence electrons. The van der Waals surface area contributed by atoms with Crippen molar-refractivity contribution in [3.05, 3.63) is 60.2 Å². The van der Waals surface area contributed by atoms with Gasteiger partial charge in [-0.15, -0.1) is 10.2 Å². The van der Waals surface area contributed by atoms with Crippen molar-refractivity contribution in [2.75, 3.05) is 39.8 Å². The van der Waals surface area contributed by atoms with Crippen molar-refractivity contribution >= 4 is 0 Å². The number of hydrogen-bond acceptors (Lipinski definition) is 6. The topological polar surface area (TPSA) is 59.3 Å². The first-order chi connectivity index (χ1) is 15.3. The first-order valence-corrected chi connectivity index (χ1v) is 11.2. The molecule has 0 unspecified atom stereocenters. The Morgan fingerprint density at radius 2 is 1.52 bits per heavy atom. The molecule has 1 saturated heterocycles. The molecule has 0 saturated carbocycles. The molecule has 7 heteroatoms. The van der Waals surface area contributed by atoms with Gasteiger partial charge in [-0.1, -0.05) is 48.9 Å². The van der Waals surface area contributed by atoms with Gasteiger partial charge in [-0.25, -0.2) is 0 Å². The summed E-state index contributed by atoms with van der Waals surface area (Å²) >= 11 is 0. The number of ether oxygens (including phenoxy) is 1. The Balaban J connectivity index is 1.09. The highest BCUT2D eigenvalue weighted by molar-refractivity contribution is 5.52. The predicted octanol–water partition coefficient (Wildman–Crippen LogP) is 3.34. The number of rotatable bonds is 10. The molecule has 0 radical (unpaired) electrons. The van der Waals surface area contributed by atoms with Crippen LogP contribution in [0.1, 0.15) is 24.8 Å². The van der Waals surface area contributed by atoms with E-state index in [0.717, 1.165) is 57.0 Å². The molecular formula is C24H32N6O. The molecule has 0 N–H and O–H groups in total. The van der Waals surface area contributed by atoms with Gasteiger partial charge in [0.25, 0.3) is 0 Å². The van der Waals surface area contributed by atoms with Gasteiger partial charge in [0.15, 0.2) is 0 Å². The fraction of sp³-hybridized carbons (Fsp3) is 0.458. The van der Waals surface area contributed by atoms with Crippen LogP contribution in [0.3, 0.4) is 0 Å². The van der Waals surface area contributed by atoms with Crippen LogP contribution in [0, 0.1) is 0 Å². The smallest absolute Gasteiger partial charge is 0.204 e. The van der Waals surface area contributed by atoms with Crippen molar-refractivity contribution in [3.63, 3.8) is 0 Å². The minimum Gasteiger partial charge on any atom is -0.497 e. The number of methoxy groups -OCH3 is 1. The largest absolute Gasteiger partial charge is 0.497 e. The first kappa shape index (κ1) is 21.5. The minimum absolute atomic E-state index is 0.702. The van der Waals surface area contributed by atoms with E-state index in [0.29, 0.717) is 5.82 Å². The summed E-state index contributed by atoms with van der Waals surface area (Å²) in [6, 6.07) is 18.4. The Hall–Kier alpha value is -2.77. The van der Waals surface area contributed by atoms with Crippen LogP contribution in [-0.4, -0.2) is 69.8 Å². The number of aryl methyl sites for hydroxylation is 1. The van der Waals surface area contributed by atoms with Gasteiger partial charge in [0.1, 0.15) is 5.75 Å². The Labute approximate surface area is 184 Å². The molecule has 0 amide bonds. The highest BCUT2D eigenvalue weighted by Crippen LogP contribution is 2.15. The third kappa shape index (κ3) is 6.35. The Kier molecular flexibility index (Phi) is 7.63. The summed E-state index contributed by atoms with van der Waals surface area (Å²) in [5, 5.41) is 12.8. The number of benzene rings is 2. The van der Waals surface area contributed by atoms with Crippen LogP contribution in [0.15, 0.2) is 54.6 Å². The van der Waals surface area contributed by atoms with Gasteiger partial charge >= 0.3 is 0 Å². The number of hydrogen-bond donors (Lipinski definition) is 0. The number of piperazine rings is 1. The van der Waals surface area contributed by atoms with E-state index in [1.165, 1.54) is 24.9 Å². The number of unbranched alkanes of at least 4 members (excludes halogenated alkanes) is 2. The van der Waals surface area contributed by atoms with Crippen LogP contribution in [0.5, 0.6) is 5.75 Å². The van der Waals surface area contributed by atoms with E-state index in [-0.39, 0.29) is 0 Å². The summed E-state index contributed by atoms with van der Waals surface area (Å²) in [6.07, 6.45) is 3.50. The lowest BCUT2D eigenvalue weighted by Crippen LogP contribution is -2.46. The van der Waals surface area contributed by atoms with Crippen molar-refractivity contribution in [1.29, 1.82) is 0 Å². The Morgan fingerprint density at radius 1 is 0.806 bits per heavy atom. The van der Waals surface area contributed by atoms with Crippen LogP contribution in [0.2, 0.25) is 0 Å². The van der Waals surface area contributed by atoms with Crippen molar-refractivity contribution in [2.24, 2.45) is 0 Å². The molecule has 4 rings (SSSR count). The highest BCUT2D eigenvalue weighted by atomic mass is 16.5. The van der Waals surface area contributed by atoms with Gasteiger partial charge < -0.3 is 9.64 Å². The summed E-state index contributed by atoms with van der Waals surface area (Å²) in [5.74, 6) is 1.62. The molecule has 1 aliphatic rings. The molecule has 0 atom stereocenters. The van der Waals surface area contributed by atoms with E-state index in [2.05, 4.69) is 37.3 Å². The van der Waals surface area contributed by atoms with E-state index in [4.69, 9.17) is 4.74 Å². The third-order valence-corrected chi connectivity index (χ3v) is 5.85. The molecule has 0 spiro atoms. The molecule has 2 heterocycles. The normalized spacial score (nSPS) is 15.3. The van der Waals surface area contributed by atoms with Crippen LogP contribution in [0.25, 0.3) is 11.4 Å². The first-order valence-electron chi connectivity index (χ1n) is 11.2. The average Bonchev–Trinajstić information content (AvgIpc) is 3.30. The highest BCUT2D eigenvalue weighted by Gasteiger charge is 2.16. The maximum Gasteiger partial charge on any atom is 0.204 e. The number of aromatic nitrogens is 4. The molecule has 1 fully saturated rings. The van der Waals surface area contributed by atoms with Gasteiger partial charge in [0.05, 0.1) is 13.7 Å². The Bertz CT molecular complexity index is 903. The zero-order chi connectivity index (χ0) is 21.3. The molecule has 0 bridgehead atoms. The predicted molar refractivity (Wildman–Crippen MR) is 122 cm³/mol. The second-order valence-corrected chi connectivity index (χ2v) is 8.10. The van der Waals surface area contributed by atoms with Crippen molar-refractivity contribution < 1.29 is 4.74 Å². The van der Waals surface area contributed by atoms with Crippen LogP contribution < -0.4 is 4.74 Å². The Morgan fingerprint density at radius 3 is 2.26 bits per heavy atom. The molecule has 7 nitrogen and oxygen atoms in total. The standard InChI is InChI=1S/C24H32N6O/c1-31-23-12-10-21(11-13-23)20-29-18-16-28(17-19-29)14-6-3-7-15-30-26-24(25-27-30)22-8-4-2-5-9-22/h2,4-5,8-13H,3,6-7,14-20H2,1H3. The zero-order valence-corrected chi connectivity index (χ0v) is 18.4. The van der Waals surface area contributed by atoms with Gasteiger partial charge in [-0.2, -0.15) is 4.80 Å². The summed E-state index contributed by atoms with van der Waals surface area (Å²) in [6.45, 7) is 7.61. The molecule has 0 aliphatic carbocycles. The minimum atomic E-state index is 0.702. The molecule has 1 aliphatic heterocycles. The summed E-state index contributed by atoms with van der Waals surface area (Å²) < 4.78 is 5.24. The lowest BCUT2D eigenvalue weighted by Gasteiger charge is -2.34. The van der Waals surface area contributed by atoms with Crippen molar-refractivity contribution in [3.8, 4) is 17.1 Å². The van der Waals surface area contributed by atoms with E-state index < -0.39 is 0 Å². The van der Waals surface area contributed by atoms with E-state index >= 15 is 0 Å². The quantitative estimate of drug-likeness (QED) is 0.469. The van der Waals surface area contributed by atoms with Gasteiger partial charge in [0, 0.05) is 38.3 Å². The average molecular weight is 421 g/mol. The van der Waals surface area contributed by atoms with E-state index in [1.54, 1.807) is 11.9 Å². The zero-order valence-electron chi connectivity index (χ0n) is 18.4. The summed E-state index contributed by atoms with van der Waals surface area (Å²) in [5.41, 5.74) is 2.37. The maximum absolute atomic E-state index is 5.24. The van der Waals surface area contributed by atoms with Crippen molar-refractivity contribution in [2.45, 2.75) is 32.4 Å². The van der Waals surface area contributed by atoms with E-state index in [9.17, 15) is 0 Å². The maximum atomic E-state index is 5.24. The van der Waals surface area contributed by atoms with Gasteiger partial charge in [-0.05, 0) is 42.3 Å². The SMILES string of the molecule is COc1ccc(CN2CCN(CCCCCn3nnc(-c4ccccc4)n3)CC2)cc1. The van der Waals surface area contributed by atoms with Crippen LogP contribution in [0.4, 0.5) is 0 Å². The second kappa shape index (κ2) is 11.0.